The van der Waals surface area contributed by atoms with E-state index in [1.54, 1.807) is 11.8 Å². The molecule has 1 saturated heterocycles. The number of hydrogen-bond acceptors (Lipinski definition) is 5. The van der Waals surface area contributed by atoms with Gasteiger partial charge in [0.25, 0.3) is 5.91 Å². The van der Waals surface area contributed by atoms with E-state index in [0.717, 1.165) is 36.9 Å². The molecular weight excluding hydrogens is 440 g/mol. The number of hydrogen-bond donors (Lipinski definition) is 0. The molecular formula is C25H30N2O5S. The standard InChI is InChI=1S/C25H30N2O5S/c1-18-13-16-26(17-14-18)33(30,31)22-11-9-21(10-12-22)25(29)32-19(2)24(28)27-15-5-7-20-6-3-4-8-23(20)27/h3-4,6,8-12,18-19H,5,7,13-17H2,1-2H3. The van der Waals surface area contributed by atoms with Crippen LogP contribution in [0.3, 0.4) is 0 Å². The summed E-state index contributed by atoms with van der Waals surface area (Å²) in [6, 6.07) is 13.5. The molecule has 7 nitrogen and oxygen atoms in total. The average molecular weight is 471 g/mol. The Morgan fingerprint density at radius 3 is 2.36 bits per heavy atom. The van der Waals surface area contributed by atoms with E-state index in [0.29, 0.717) is 25.6 Å². The number of anilines is 1. The van der Waals surface area contributed by atoms with Crippen LogP contribution in [0, 0.1) is 5.92 Å². The molecule has 2 aromatic carbocycles. The molecule has 0 saturated carbocycles. The van der Waals surface area contributed by atoms with E-state index in [1.165, 1.54) is 28.6 Å². The van der Waals surface area contributed by atoms with E-state index in [-0.39, 0.29) is 16.4 Å². The van der Waals surface area contributed by atoms with Crippen LogP contribution in [-0.4, -0.2) is 50.3 Å². The second-order valence-electron chi connectivity index (χ2n) is 8.88. The van der Waals surface area contributed by atoms with Gasteiger partial charge in [-0.1, -0.05) is 25.1 Å². The van der Waals surface area contributed by atoms with Crippen LogP contribution in [0.2, 0.25) is 0 Å². The SMILES string of the molecule is CC1CCN(S(=O)(=O)c2ccc(C(=O)OC(C)C(=O)N3CCCc4ccccc43)cc2)CC1. The van der Waals surface area contributed by atoms with Crippen molar-refractivity contribution >= 4 is 27.6 Å². The maximum atomic E-state index is 13.0. The first-order valence-electron chi connectivity index (χ1n) is 11.5. The van der Waals surface area contributed by atoms with E-state index in [4.69, 9.17) is 4.74 Å². The molecule has 2 aliphatic heterocycles. The maximum absolute atomic E-state index is 13.0. The summed E-state index contributed by atoms with van der Waals surface area (Å²) in [6.07, 6.45) is 2.51. The highest BCUT2D eigenvalue weighted by molar-refractivity contribution is 7.89. The zero-order valence-electron chi connectivity index (χ0n) is 19.1. The number of fused-ring (bicyclic) bond motifs is 1. The number of rotatable bonds is 5. The highest BCUT2D eigenvalue weighted by Gasteiger charge is 2.30. The highest BCUT2D eigenvalue weighted by Crippen LogP contribution is 2.28. The fourth-order valence-corrected chi connectivity index (χ4v) is 5.87. The number of piperidine rings is 1. The molecule has 1 fully saturated rings. The first-order valence-corrected chi connectivity index (χ1v) is 12.9. The Hall–Kier alpha value is -2.71. The molecule has 0 bridgehead atoms. The van der Waals surface area contributed by atoms with Crippen LogP contribution < -0.4 is 4.90 Å². The van der Waals surface area contributed by atoms with Gasteiger partial charge in [0.1, 0.15) is 0 Å². The fraction of sp³-hybridized carbons (Fsp3) is 0.440. The summed E-state index contributed by atoms with van der Waals surface area (Å²) in [6.45, 7) is 5.28. The number of aryl methyl sites for hydroxylation is 1. The van der Waals surface area contributed by atoms with Crippen LogP contribution in [0.1, 0.15) is 49.0 Å². The van der Waals surface area contributed by atoms with Crippen molar-refractivity contribution in [1.82, 2.24) is 4.31 Å². The first-order chi connectivity index (χ1) is 15.8. The number of nitrogens with zero attached hydrogens (tertiary/aromatic N) is 2. The predicted molar refractivity (Wildman–Crippen MR) is 126 cm³/mol. The lowest BCUT2D eigenvalue weighted by atomic mass is 10.0. The van der Waals surface area contributed by atoms with Crippen LogP contribution in [0.15, 0.2) is 53.4 Å². The Morgan fingerprint density at radius 1 is 1.00 bits per heavy atom. The molecule has 1 amide bonds. The molecule has 2 aliphatic rings. The summed E-state index contributed by atoms with van der Waals surface area (Å²) in [4.78, 5) is 27.4. The van der Waals surface area contributed by atoms with Crippen molar-refractivity contribution in [3.8, 4) is 0 Å². The van der Waals surface area contributed by atoms with Gasteiger partial charge < -0.3 is 9.64 Å². The smallest absolute Gasteiger partial charge is 0.338 e. The van der Waals surface area contributed by atoms with Crippen molar-refractivity contribution in [3.05, 3.63) is 59.7 Å². The number of para-hydroxylation sites is 1. The van der Waals surface area contributed by atoms with Crippen molar-refractivity contribution in [1.29, 1.82) is 0 Å². The number of esters is 1. The molecule has 176 valence electrons. The van der Waals surface area contributed by atoms with Crippen LogP contribution >= 0.6 is 0 Å². The van der Waals surface area contributed by atoms with Crippen molar-refractivity contribution < 1.29 is 22.7 Å². The van der Waals surface area contributed by atoms with Gasteiger partial charge in [-0.05, 0) is 74.4 Å². The lowest BCUT2D eigenvalue weighted by Gasteiger charge is -2.31. The van der Waals surface area contributed by atoms with Gasteiger partial charge in [0.2, 0.25) is 10.0 Å². The van der Waals surface area contributed by atoms with Crippen LogP contribution in [0.5, 0.6) is 0 Å². The number of carbonyl (C=O) groups is 2. The summed E-state index contributed by atoms with van der Waals surface area (Å²) >= 11 is 0. The third-order valence-corrected chi connectivity index (χ3v) is 8.39. The molecule has 0 radical (unpaired) electrons. The second-order valence-corrected chi connectivity index (χ2v) is 10.8. The van der Waals surface area contributed by atoms with Gasteiger partial charge in [-0.3, -0.25) is 4.79 Å². The number of benzene rings is 2. The molecule has 33 heavy (non-hydrogen) atoms. The molecule has 0 spiro atoms. The predicted octanol–water partition coefficient (Wildman–Crippen LogP) is 3.63. The van der Waals surface area contributed by atoms with E-state index in [1.807, 2.05) is 24.3 Å². The third-order valence-electron chi connectivity index (χ3n) is 6.48. The van der Waals surface area contributed by atoms with Gasteiger partial charge in [-0.2, -0.15) is 4.31 Å². The van der Waals surface area contributed by atoms with Gasteiger partial charge in [0.15, 0.2) is 6.10 Å². The number of sulfonamides is 1. The molecule has 0 aliphatic carbocycles. The van der Waals surface area contributed by atoms with E-state index in [9.17, 15) is 18.0 Å². The Balaban J connectivity index is 1.41. The van der Waals surface area contributed by atoms with E-state index in [2.05, 4.69) is 6.92 Å². The lowest BCUT2D eigenvalue weighted by molar-refractivity contribution is -0.126. The molecule has 0 N–H and O–H groups in total. The molecule has 1 unspecified atom stereocenters. The van der Waals surface area contributed by atoms with Crippen molar-refractivity contribution in [3.63, 3.8) is 0 Å². The molecule has 8 heteroatoms. The van der Waals surface area contributed by atoms with Gasteiger partial charge in [-0.15, -0.1) is 0 Å². The minimum Gasteiger partial charge on any atom is -0.449 e. The monoisotopic (exact) mass is 470 g/mol. The van der Waals surface area contributed by atoms with Crippen LogP contribution in [-0.2, 0) is 26.0 Å². The Kier molecular flexibility index (Phi) is 6.86. The number of amides is 1. The number of carbonyl (C=O) groups excluding carboxylic acids is 2. The van der Waals surface area contributed by atoms with Gasteiger partial charge >= 0.3 is 5.97 Å². The minimum absolute atomic E-state index is 0.155. The van der Waals surface area contributed by atoms with Gasteiger partial charge in [0, 0.05) is 25.3 Å². The third kappa shape index (κ3) is 4.96. The number of ether oxygens (including phenoxy) is 1. The normalized spacial score (nSPS) is 18.4. The Labute approximate surface area is 195 Å². The quantitative estimate of drug-likeness (QED) is 0.623. The first kappa shape index (κ1) is 23.4. The van der Waals surface area contributed by atoms with Crippen LogP contribution in [0.25, 0.3) is 0 Å². The van der Waals surface area contributed by atoms with Gasteiger partial charge in [-0.25, -0.2) is 13.2 Å². The highest BCUT2D eigenvalue weighted by atomic mass is 32.2. The van der Waals surface area contributed by atoms with E-state index < -0.39 is 22.1 Å². The van der Waals surface area contributed by atoms with Crippen LogP contribution in [0.4, 0.5) is 5.69 Å². The topological polar surface area (TPSA) is 84.0 Å². The summed E-state index contributed by atoms with van der Waals surface area (Å²) in [5.41, 5.74) is 2.17. The molecule has 0 aromatic heterocycles. The lowest BCUT2D eigenvalue weighted by Crippen LogP contribution is -2.42. The zero-order chi connectivity index (χ0) is 23.6. The van der Waals surface area contributed by atoms with Crippen molar-refractivity contribution in [2.75, 3.05) is 24.5 Å². The Bertz CT molecular complexity index is 1120. The summed E-state index contributed by atoms with van der Waals surface area (Å²) in [5.74, 6) is -0.400. The molecule has 1 atom stereocenters. The average Bonchev–Trinajstić information content (AvgIpc) is 2.83. The second kappa shape index (κ2) is 9.65. The van der Waals surface area contributed by atoms with Crippen molar-refractivity contribution in [2.24, 2.45) is 5.92 Å². The maximum Gasteiger partial charge on any atom is 0.338 e. The van der Waals surface area contributed by atoms with Gasteiger partial charge in [0.05, 0.1) is 10.5 Å². The minimum atomic E-state index is -3.59. The zero-order valence-corrected chi connectivity index (χ0v) is 19.9. The molecule has 2 heterocycles. The molecule has 2 aromatic rings. The molecule has 4 rings (SSSR count). The fourth-order valence-electron chi connectivity index (χ4n) is 4.40. The van der Waals surface area contributed by atoms with Crippen molar-refractivity contribution in [2.45, 2.75) is 50.5 Å². The van der Waals surface area contributed by atoms with E-state index >= 15 is 0 Å². The summed E-state index contributed by atoms with van der Waals surface area (Å²) in [5, 5.41) is 0. The summed E-state index contributed by atoms with van der Waals surface area (Å²) in [7, 11) is -3.59. The summed E-state index contributed by atoms with van der Waals surface area (Å²) < 4.78 is 32.7. The Morgan fingerprint density at radius 2 is 1.67 bits per heavy atom. The largest absolute Gasteiger partial charge is 0.449 e.